The highest BCUT2D eigenvalue weighted by Gasteiger charge is 2.02. The van der Waals surface area contributed by atoms with Crippen molar-refractivity contribution in [2.24, 2.45) is 0 Å². The Kier molecular flexibility index (Phi) is 4.26. The van der Waals surface area contributed by atoms with Gasteiger partial charge in [0.05, 0.1) is 0 Å². The molecule has 2 aromatic rings. The zero-order chi connectivity index (χ0) is 12.3. The average molecular weight is 333 g/mol. The maximum absolute atomic E-state index is 6.04. The van der Waals surface area contributed by atoms with Gasteiger partial charge in [0, 0.05) is 27.9 Å². The van der Waals surface area contributed by atoms with Crippen molar-refractivity contribution in [2.75, 3.05) is 0 Å². The van der Waals surface area contributed by atoms with E-state index in [2.05, 4.69) is 20.9 Å². The van der Waals surface area contributed by atoms with E-state index in [-0.39, 0.29) is 0 Å². The van der Waals surface area contributed by atoms with Crippen molar-refractivity contribution in [2.45, 2.75) is 6.61 Å². The largest absolute Gasteiger partial charge is 0.489 e. The normalized spacial score (nSPS) is 10.3. The van der Waals surface area contributed by atoms with Gasteiger partial charge in [-0.2, -0.15) is 0 Å². The van der Waals surface area contributed by atoms with Gasteiger partial charge < -0.3 is 4.74 Å². The molecule has 0 saturated carbocycles. The van der Waals surface area contributed by atoms with E-state index in [0.29, 0.717) is 16.7 Å². The minimum absolute atomic E-state index is 0.395. The standard InChI is InChI=1S/C12H8BrCl2NO/c13-12-6-10(3-4-16-12)17-7-8-1-2-9(14)5-11(8)15/h1-6H,7H2. The summed E-state index contributed by atoms with van der Waals surface area (Å²) in [5, 5.41) is 1.22. The number of hydrogen-bond donors (Lipinski definition) is 0. The molecule has 0 fully saturated rings. The lowest BCUT2D eigenvalue weighted by Gasteiger charge is -2.08. The molecule has 2 rings (SSSR count). The number of halogens is 3. The van der Waals surface area contributed by atoms with Crippen molar-refractivity contribution in [3.05, 3.63) is 56.7 Å². The molecule has 1 aromatic carbocycles. The predicted molar refractivity (Wildman–Crippen MR) is 72.7 cm³/mol. The van der Waals surface area contributed by atoms with Crippen molar-refractivity contribution in [3.8, 4) is 5.75 Å². The summed E-state index contributed by atoms with van der Waals surface area (Å²) in [6.07, 6.45) is 1.67. The quantitative estimate of drug-likeness (QED) is 0.758. The monoisotopic (exact) mass is 331 g/mol. The minimum atomic E-state index is 0.395. The van der Waals surface area contributed by atoms with Crippen molar-refractivity contribution < 1.29 is 4.74 Å². The molecule has 0 radical (unpaired) electrons. The van der Waals surface area contributed by atoms with Crippen LogP contribution in [0.25, 0.3) is 0 Å². The number of benzene rings is 1. The van der Waals surface area contributed by atoms with Crippen LogP contribution in [-0.4, -0.2) is 4.98 Å². The Morgan fingerprint density at radius 1 is 1.18 bits per heavy atom. The van der Waals surface area contributed by atoms with Crippen molar-refractivity contribution in [1.82, 2.24) is 4.98 Å². The number of aromatic nitrogens is 1. The Balaban J connectivity index is 2.07. The maximum atomic E-state index is 6.04. The third kappa shape index (κ3) is 3.60. The van der Waals surface area contributed by atoms with E-state index in [0.717, 1.165) is 15.9 Å². The van der Waals surface area contributed by atoms with Crippen LogP contribution >= 0.6 is 39.1 Å². The predicted octanol–water partition coefficient (Wildman–Crippen LogP) is 4.73. The minimum Gasteiger partial charge on any atom is -0.489 e. The first-order valence-corrected chi connectivity index (χ1v) is 6.38. The Hall–Kier alpha value is -0.770. The van der Waals surface area contributed by atoms with E-state index in [1.165, 1.54) is 0 Å². The fraction of sp³-hybridized carbons (Fsp3) is 0.0833. The fourth-order valence-corrected chi connectivity index (χ4v) is 2.08. The van der Waals surface area contributed by atoms with E-state index >= 15 is 0 Å². The molecule has 1 aromatic heterocycles. The van der Waals surface area contributed by atoms with Gasteiger partial charge in [0.1, 0.15) is 17.0 Å². The van der Waals surface area contributed by atoms with Crippen LogP contribution in [0, 0.1) is 0 Å². The van der Waals surface area contributed by atoms with Crippen LogP contribution in [0.4, 0.5) is 0 Å². The van der Waals surface area contributed by atoms with Gasteiger partial charge in [0.2, 0.25) is 0 Å². The Morgan fingerprint density at radius 3 is 2.71 bits per heavy atom. The molecule has 0 amide bonds. The van der Waals surface area contributed by atoms with Crippen LogP contribution in [0.1, 0.15) is 5.56 Å². The summed E-state index contributed by atoms with van der Waals surface area (Å²) in [5.41, 5.74) is 0.893. The number of nitrogens with zero attached hydrogens (tertiary/aromatic N) is 1. The molecule has 5 heteroatoms. The summed E-state index contributed by atoms with van der Waals surface area (Å²) in [6, 6.07) is 8.91. The lowest BCUT2D eigenvalue weighted by Crippen LogP contribution is -1.96. The Bertz CT molecular complexity index is 534. The van der Waals surface area contributed by atoms with Crippen LogP contribution in [0.3, 0.4) is 0 Å². The summed E-state index contributed by atoms with van der Waals surface area (Å²) in [7, 11) is 0. The molecule has 2 nitrogen and oxygen atoms in total. The summed E-state index contributed by atoms with van der Waals surface area (Å²) < 4.78 is 6.33. The fourth-order valence-electron chi connectivity index (χ4n) is 1.27. The third-order valence-electron chi connectivity index (χ3n) is 2.11. The molecular formula is C12H8BrCl2NO. The molecular weight excluding hydrogens is 325 g/mol. The van der Waals surface area contributed by atoms with Crippen LogP contribution in [-0.2, 0) is 6.61 Å². The van der Waals surface area contributed by atoms with E-state index in [1.54, 1.807) is 30.5 Å². The number of ether oxygens (including phenoxy) is 1. The van der Waals surface area contributed by atoms with E-state index in [4.69, 9.17) is 27.9 Å². The highest BCUT2D eigenvalue weighted by Crippen LogP contribution is 2.23. The van der Waals surface area contributed by atoms with E-state index < -0.39 is 0 Å². The highest BCUT2D eigenvalue weighted by atomic mass is 79.9. The molecule has 0 aliphatic rings. The van der Waals surface area contributed by atoms with Gasteiger partial charge in [-0.25, -0.2) is 4.98 Å². The van der Waals surface area contributed by atoms with E-state index in [9.17, 15) is 0 Å². The molecule has 0 N–H and O–H groups in total. The second-order valence-electron chi connectivity index (χ2n) is 3.34. The van der Waals surface area contributed by atoms with Gasteiger partial charge >= 0.3 is 0 Å². The lowest BCUT2D eigenvalue weighted by atomic mass is 10.2. The number of pyridine rings is 1. The Morgan fingerprint density at radius 2 is 2.00 bits per heavy atom. The van der Waals surface area contributed by atoms with Crippen molar-refractivity contribution in [3.63, 3.8) is 0 Å². The molecule has 0 atom stereocenters. The third-order valence-corrected chi connectivity index (χ3v) is 3.13. The Labute approximate surface area is 118 Å². The first-order valence-electron chi connectivity index (χ1n) is 4.83. The lowest BCUT2D eigenvalue weighted by molar-refractivity contribution is 0.305. The first-order chi connectivity index (χ1) is 8.15. The molecule has 0 aliphatic heterocycles. The summed E-state index contributed by atoms with van der Waals surface area (Å²) >= 11 is 15.1. The molecule has 0 aliphatic carbocycles. The zero-order valence-electron chi connectivity index (χ0n) is 8.66. The second-order valence-corrected chi connectivity index (χ2v) is 4.99. The molecule has 88 valence electrons. The first kappa shape index (κ1) is 12.7. The van der Waals surface area contributed by atoms with Crippen LogP contribution in [0.5, 0.6) is 5.75 Å². The molecule has 0 unspecified atom stereocenters. The van der Waals surface area contributed by atoms with Crippen LogP contribution < -0.4 is 4.74 Å². The number of hydrogen-bond acceptors (Lipinski definition) is 2. The van der Waals surface area contributed by atoms with Crippen molar-refractivity contribution >= 4 is 39.1 Å². The van der Waals surface area contributed by atoms with E-state index in [1.807, 2.05) is 6.07 Å². The van der Waals surface area contributed by atoms with Gasteiger partial charge in [-0.1, -0.05) is 29.3 Å². The topological polar surface area (TPSA) is 22.1 Å². The maximum Gasteiger partial charge on any atom is 0.124 e. The second kappa shape index (κ2) is 5.71. The summed E-state index contributed by atoms with van der Waals surface area (Å²) in [6.45, 7) is 0.395. The highest BCUT2D eigenvalue weighted by molar-refractivity contribution is 9.10. The number of rotatable bonds is 3. The molecule has 0 spiro atoms. The van der Waals surface area contributed by atoms with Gasteiger partial charge in [0.15, 0.2) is 0 Å². The zero-order valence-corrected chi connectivity index (χ0v) is 11.8. The molecule has 0 bridgehead atoms. The van der Waals surface area contributed by atoms with Crippen molar-refractivity contribution in [1.29, 1.82) is 0 Å². The van der Waals surface area contributed by atoms with Gasteiger partial charge in [0.25, 0.3) is 0 Å². The SMILES string of the molecule is Clc1ccc(COc2ccnc(Br)c2)c(Cl)c1. The van der Waals surface area contributed by atoms with Crippen LogP contribution in [0.15, 0.2) is 41.1 Å². The summed E-state index contributed by atoms with van der Waals surface area (Å²) in [5.74, 6) is 0.734. The van der Waals surface area contributed by atoms with Gasteiger partial charge in [-0.15, -0.1) is 0 Å². The molecule has 0 saturated heterocycles. The molecule has 17 heavy (non-hydrogen) atoms. The smallest absolute Gasteiger partial charge is 0.124 e. The van der Waals surface area contributed by atoms with Gasteiger partial charge in [-0.3, -0.25) is 0 Å². The van der Waals surface area contributed by atoms with Crippen LogP contribution in [0.2, 0.25) is 10.0 Å². The summed E-state index contributed by atoms with van der Waals surface area (Å²) in [4.78, 5) is 4.02. The molecule has 1 heterocycles. The average Bonchev–Trinajstić information content (AvgIpc) is 2.28. The van der Waals surface area contributed by atoms with Gasteiger partial charge in [-0.05, 0) is 34.1 Å².